The summed E-state index contributed by atoms with van der Waals surface area (Å²) >= 11 is 1.71. The van der Waals surface area contributed by atoms with Gasteiger partial charge in [0.2, 0.25) is 5.91 Å². The molecule has 1 fully saturated rings. The largest absolute Gasteiger partial charge is 0.397 e. The van der Waals surface area contributed by atoms with Crippen LogP contribution in [0.2, 0.25) is 0 Å². The summed E-state index contributed by atoms with van der Waals surface area (Å²) in [6.45, 7) is 1.98. The molecule has 0 aromatic carbocycles. The van der Waals surface area contributed by atoms with Gasteiger partial charge in [0.1, 0.15) is 5.82 Å². The predicted molar refractivity (Wildman–Crippen MR) is 67.4 cm³/mol. The maximum Gasteiger partial charge on any atom is 0.241 e. The molecule has 3 N–H and O–H groups in total. The molecule has 0 radical (unpaired) electrons. The van der Waals surface area contributed by atoms with Crippen molar-refractivity contribution < 1.29 is 4.79 Å². The molecular formula is C11H15N3OS. The van der Waals surface area contributed by atoms with E-state index in [1.165, 1.54) is 0 Å². The van der Waals surface area contributed by atoms with Gasteiger partial charge >= 0.3 is 0 Å². The van der Waals surface area contributed by atoms with E-state index in [9.17, 15) is 4.79 Å². The normalized spacial score (nSPS) is 24.3. The van der Waals surface area contributed by atoms with Gasteiger partial charge in [0.15, 0.2) is 0 Å². The van der Waals surface area contributed by atoms with Crippen LogP contribution >= 0.6 is 11.8 Å². The molecule has 1 amide bonds. The van der Waals surface area contributed by atoms with Gasteiger partial charge in [-0.3, -0.25) is 4.79 Å². The maximum absolute atomic E-state index is 12.0. The number of aromatic nitrogens is 1. The second-order valence-corrected chi connectivity index (χ2v) is 5.71. The van der Waals surface area contributed by atoms with Crippen molar-refractivity contribution in [3.63, 3.8) is 0 Å². The summed E-state index contributed by atoms with van der Waals surface area (Å²) in [7, 11) is 0. The van der Waals surface area contributed by atoms with Crippen molar-refractivity contribution in [1.82, 2.24) is 4.98 Å². The van der Waals surface area contributed by atoms with Gasteiger partial charge in [0, 0.05) is 0 Å². The summed E-state index contributed by atoms with van der Waals surface area (Å²) in [5.41, 5.74) is 6.12. The first-order valence-corrected chi connectivity index (χ1v) is 6.26. The predicted octanol–water partition coefficient (Wildman–Crippen LogP) is 1.89. The molecule has 1 aliphatic rings. The van der Waals surface area contributed by atoms with Gasteiger partial charge in [-0.05, 0) is 37.7 Å². The van der Waals surface area contributed by atoms with E-state index >= 15 is 0 Å². The van der Waals surface area contributed by atoms with Crippen LogP contribution in [0.4, 0.5) is 11.5 Å². The maximum atomic E-state index is 12.0. The molecular weight excluding hydrogens is 222 g/mol. The highest BCUT2D eigenvalue weighted by Gasteiger charge is 2.37. The van der Waals surface area contributed by atoms with Gasteiger partial charge in [-0.25, -0.2) is 4.98 Å². The van der Waals surface area contributed by atoms with E-state index in [-0.39, 0.29) is 10.7 Å². The van der Waals surface area contributed by atoms with Gasteiger partial charge in [-0.15, -0.1) is 11.8 Å². The number of nitrogen functional groups attached to an aromatic ring is 1. The number of nitrogens with one attached hydrogen (secondary N) is 1. The first-order chi connectivity index (χ1) is 7.60. The Labute approximate surface area is 99.0 Å². The summed E-state index contributed by atoms with van der Waals surface area (Å²) in [5.74, 6) is 1.65. The molecule has 1 aliphatic heterocycles. The molecule has 0 bridgehead atoms. The zero-order valence-electron chi connectivity index (χ0n) is 9.19. The Morgan fingerprint density at radius 2 is 2.44 bits per heavy atom. The number of carbonyl (C=O) groups excluding carboxylic acids is 1. The smallest absolute Gasteiger partial charge is 0.241 e. The lowest BCUT2D eigenvalue weighted by Gasteiger charge is -2.20. The minimum atomic E-state index is -0.303. The van der Waals surface area contributed by atoms with E-state index in [2.05, 4.69) is 10.3 Å². The number of pyridine rings is 1. The lowest BCUT2D eigenvalue weighted by atomic mass is 10.1. The molecule has 2 heterocycles. The summed E-state index contributed by atoms with van der Waals surface area (Å²) in [6.07, 6.45) is 3.57. The second kappa shape index (κ2) is 4.33. The lowest BCUT2D eigenvalue weighted by molar-refractivity contribution is -0.118. The van der Waals surface area contributed by atoms with Crippen molar-refractivity contribution in [2.45, 2.75) is 24.5 Å². The van der Waals surface area contributed by atoms with Crippen LogP contribution in [0.15, 0.2) is 18.3 Å². The Kier molecular flexibility index (Phi) is 3.05. The number of nitrogens with two attached hydrogens (primary N) is 1. The van der Waals surface area contributed by atoms with Crippen LogP contribution in [0.1, 0.15) is 19.8 Å². The zero-order chi connectivity index (χ0) is 11.6. The topological polar surface area (TPSA) is 68.0 Å². The van der Waals surface area contributed by atoms with Crippen LogP contribution in [0.5, 0.6) is 0 Å². The number of anilines is 2. The van der Waals surface area contributed by atoms with Crippen molar-refractivity contribution in [2.75, 3.05) is 16.8 Å². The van der Waals surface area contributed by atoms with Crippen LogP contribution in [-0.2, 0) is 4.79 Å². The Bertz CT molecular complexity index is 385. The first kappa shape index (κ1) is 11.3. The molecule has 16 heavy (non-hydrogen) atoms. The molecule has 1 atom stereocenters. The van der Waals surface area contributed by atoms with E-state index in [0.29, 0.717) is 11.5 Å². The quantitative estimate of drug-likeness (QED) is 0.824. The fourth-order valence-electron chi connectivity index (χ4n) is 1.69. The number of thioether (sulfide) groups is 1. The summed E-state index contributed by atoms with van der Waals surface area (Å²) in [6, 6.07) is 3.45. The number of amides is 1. The average molecular weight is 237 g/mol. The molecule has 86 valence electrons. The fourth-order valence-corrected chi connectivity index (χ4v) is 2.90. The summed E-state index contributed by atoms with van der Waals surface area (Å²) < 4.78 is -0.303. The third kappa shape index (κ3) is 2.29. The van der Waals surface area contributed by atoms with Gasteiger partial charge < -0.3 is 11.1 Å². The third-order valence-corrected chi connectivity index (χ3v) is 4.25. The van der Waals surface area contributed by atoms with Crippen molar-refractivity contribution in [1.29, 1.82) is 0 Å². The Morgan fingerprint density at radius 3 is 3.00 bits per heavy atom. The molecule has 1 saturated heterocycles. The Balaban J connectivity index is 2.04. The SMILES string of the molecule is CC1(C(=O)Nc2ccc(N)cn2)CCCS1. The molecule has 5 heteroatoms. The highest BCUT2D eigenvalue weighted by atomic mass is 32.2. The van der Waals surface area contributed by atoms with E-state index in [0.717, 1.165) is 18.6 Å². The highest BCUT2D eigenvalue weighted by Crippen LogP contribution is 2.38. The minimum absolute atomic E-state index is 0.0345. The highest BCUT2D eigenvalue weighted by molar-refractivity contribution is 8.01. The molecule has 1 unspecified atom stereocenters. The lowest BCUT2D eigenvalue weighted by Crippen LogP contribution is -2.34. The van der Waals surface area contributed by atoms with Gasteiger partial charge in [-0.2, -0.15) is 0 Å². The molecule has 1 aromatic rings. The number of nitrogens with zero attached hydrogens (tertiary/aromatic N) is 1. The van der Waals surface area contributed by atoms with Gasteiger partial charge in [0.05, 0.1) is 16.6 Å². The van der Waals surface area contributed by atoms with Crippen LogP contribution in [0.25, 0.3) is 0 Å². The van der Waals surface area contributed by atoms with Crippen LogP contribution < -0.4 is 11.1 Å². The Hall–Kier alpha value is -1.23. The van der Waals surface area contributed by atoms with Crippen molar-refractivity contribution in [2.24, 2.45) is 0 Å². The van der Waals surface area contributed by atoms with E-state index < -0.39 is 0 Å². The van der Waals surface area contributed by atoms with Crippen LogP contribution in [-0.4, -0.2) is 21.4 Å². The zero-order valence-corrected chi connectivity index (χ0v) is 10.0. The number of rotatable bonds is 2. The van der Waals surface area contributed by atoms with Crippen LogP contribution in [0.3, 0.4) is 0 Å². The van der Waals surface area contributed by atoms with Crippen molar-refractivity contribution >= 4 is 29.2 Å². The Morgan fingerprint density at radius 1 is 1.62 bits per heavy atom. The third-order valence-electron chi connectivity index (χ3n) is 2.73. The van der Waals surface area contributed by atoms with Crippen molar-refractivity contribution in [3.05, 3.63) is 18.3 Å². The van der Waals surface area contributed by atoms with E-state index in [1.807, 2.05) is 6.92 Å². The number of carbonyl (C=O) groups is 1. The molecule has 0 saturated carbocycles. The summed E-state index contributed by atoms with van der Waals surface area (Å²) in [4.78, 5) is 16.1. The van der Waals surface area contributed by atoms with Gasteiger partial charge in [-0.1, -0.05) is 0 Å². The fraction of sp³-hybridized carbons (Fsp3) is 0.455. The van der Waals surface area contributed by atoms with Gasteiger partial charge in [0.25, 0.3) is 0 Å². The average Bonchev–Trinajstić information content (AvgIpc) is 2.70. The van der Waals surface area contributed by atoms with Crippen molar-refractivity contribution in [3.8, 4) is 0 Å². The molecule has 4 nitrogen and oxygen atoms in total. The second-order valence-electron chi connectivity index (χ2n) is 4.11. The number of hydrogen-bond acceptors (Lipinski definition) is 4. The summed E-state index contributed by atoms with van der Waals surface area (Å²) in [5, 5.41) is 2.83. The molecule has 0 aliphatic carbocycles. The monoisotopic (exact) mass is 237 g/mol. The minimum Gasteiger partial charge on any atom is -0.397 e. The first-order valence-electron chi connectivity index (χ1n) is 5.27. The standard InChI is InChI=1S/C11H15N3OS/c1-11(5-2-6-16-11)10(15)14-9-4-3-8(12)7-13-9/h3-4,7H,2,5-6,12H2,1H3,(H,13,14,15). The van der Waals surface area contributed by atoms with E-state index in [4.69, 9.17) is 5.73 Å². The molecule has 2 rings (SSSR count). The number of hydrogen-bond donors (Lipinski definition) is 2. The molecule has 0 spiro atoms. The van der Waals surface area contributed by atoms with Crippen LogP contribution in [0, 0.1) is 0 Å². The molecule has 1 aromatic heterocycles. The van der Waals surface area contributed by atoms with E-state index in [1.54, 1.807) is 30.1 Å².